The number of methoxy groups -OCH3 is 1. The van der Waals surface area contributed by atoms with Gasteiger partial charge in [-0.15, -0.1) is 0 Å². The first-order valence-electron chi connectivity index (χ1n) is 10.2. The number of halogens is 1. The van der Waals surface area contributed by atoms with Gasteiger partial charge >= 0.3 is 5.63 Å². The summed E-state index contributed by atoms with van der Waals surface area (Å²) in [6, 6.07) is 15.7. The minimum absolute atomic E-state index is 0.332. The smallest absolute Gasteiger partial charge is 0.336 e. The number of nitrogens with one attached hydrogen (secondary N) is 1. The summed E-state index contributed by atoms with van der Waals surface area (Å²) in [6.07, 6.45) is 2.53. The predicted molar refractivity (Wildman–Crippen MR) is 114 cm³/mol. The number of likely N-dealkylation sites (tertiary alicyclic amines) is 1. The van der Waals surface area contributed by atoms with E-state index in [1.165, 1.54) is 31.5 Å². The zero-order valence-corrected chi connectivity index (χ0v) is 17.4. The number of hydrogen-bond donors (Lipinski definition) is 2. The molecule has 0 bridgehead atoms. The number of fused-ring (bicyclic) bond motifs is 1. The summed E-state index contributed by atoms with van der Waals surface area (Å²) in [5.74, 6) is 0.679. The molecule has 29 heavy (non-hydrogen) atoms. The fourth-order valence-electron chi connectivity index (χ4n) is 4.36. The Labute approximate surface area is 175 Å². The Balaban J connectivity index is 1.54. The van der Waals surface area contributed by atoms with Gasteiger partial charge in [-0.05, 0) is 18.2 Å². The van der Waals surface area contributed by atoms with Crippen LogP contribution in [0.5, 0.6) is 5.75 Å². The molecule has 1 aromatic heterocycles. The van der Waals surface area contributed by atoms with Crippen molar-refractivity contribution in [3.8, 4) is 5.75 Å². The van der Waals surface area contributed by atoms with E-state index < -0.39 is 0 Å². The minimum Gasteiger partial charge on any atom is -0.497 e. The molecular formula is C23H27ClN2O3+2. The quantitative estimate of drug-likeness (QED) is 0.581. The van der Waals surface area contributed by atoms with Crippen molar-refractivity contribution in [2.75, 3.05) is 26.7 Å². The first kappa shape index (κ1) is 20.0. The maximum Gasteiger partial charge on any atom is 0.336 e. The summed E-state index contributed by atoms with van der Waals surface area (Å²) in [5.41, 5.74) is 2.42. The molecule has 4 rings (SSSR count). The monoisotopic (exact) mass is 414 g/mol. The van der Waals surface area contributed by atoms with Crippen LogP contribution in [0.3, 0.4) is 0 Å². The minimum atomic E-state index is -0.332. The predicted octanol–water partition coefficient (Wildman–Crippen LogP) is 1.94. The normalized spacial score (nSPS) is 15.7. The van der Waals surface area contributed by atoms with Crippen LogP contribution in [0.1, 0.15) is 30.0 Å². The average Bonchev–Trinajstić information content (AvgIpc) is 3.26. The largest absolute Gasteiger partial charge is 0.497 e. The molecule has 1 aliphatic heterocycles. The summed E-state index contributed by atoms with van der Waals surface area (Å²) < 4.78 is 10.6. The number of nitrogens with two attached hydrogens (primary N) is 1. The Morgan fingerprint density at radius 2 is 1.97 bits per heavy atom. The fourth-order valence-corrected chi connectivity index (χ4v) is 4.63. The third-order valence-electron chi connectivity index (χ3n) is 5.82. The lowest BCUT2D eigenvalue weighted by atomic mass is 10.0. The summed E-state index contributed by atoms with van der Waals surface area (Å²) in [6.45, 7) is 3.99. The molecule has 0 amide bonds. The van der Waals surface area contributed by atoms with E-state index >= 15 is 0 Å². The third kappa shape index (κ3) is 4.47. The van der Waals surface area contributed by atoms with Crippen molar-refractivity contribution >= 4 is 22.6 Å². The maximum atomic E-state index is 12.0. The van der Waals surface area contributed by atoms with Crippen molar-refractivity contribution in [3.63, 3.8) is 0 Å². The highest BCUT2D eigenvalue weighted by Gasteiger charge is 2.30. The van der Waals surface area contributed by atoms with Crippen molar-refractivity contribution < 1.29 is 19.4 Å². The fraction of sp³-hybridized carbons (Fsp3) is 0.348. The molecule has 1 saturated heterocycles. The molecule has 2 heterocycles. The molecule has 0 unspecified atom stereocenters. The Hall–Kier alpha value is -2.34. The topological polar surface area (TPSA) is 60.5 Å². The van der Waals surface area contributed by atoms with Crippen molar-refractivity contribution in [1.82, 2.24) is 0 Å². The van der Waals surface area contributed by atoms with E-state index in [-0.39, 0.29) is 5.63 Å². The highest BCUT2D eigenvalue weighted by Crippen LogP contribution is 2.23. The van der Waals surface area contributed by atoms with E-state index in [2.05, 4.69) is 17.4 Å². The number of ether oxygens (including phenoxy) is 1. The van der Waals surface area contributed by atoms with E-state index in [0.29, 0.717) is 23.9 Å². The highest BCUT2D eigenvalue weighted by atomic mass is 35.5. The first-order valence-corrected chi connectivity index (χ1v) is 10.5. The van der Waals surface area contributed by atoms with Gasteiger partial charge in [0, 0.05) is 46.5 Å². The zero-order chi connectivity index (χ0) is 20.2. The second-order valence-corrected chi connectivity index (χ2v) is 8.03. The Morgan fingerprint density at radius 1 is 1.17 bits per heavy atom. The molecule has 0 saturated carbocycles. The number of quaternary nitrogens is 2. The van der Waals surface area contributed by atoms with E-state index in [0.717, 1.165) is 22.5 Å². The van der Waals surface area contributed by atoms with E-state index in [1.807, 2.05) is 24.3 Å². The molecule has 152 valence electrons. The van der Waals surface area contributed by atoms with Crippen molar-refractivity contribution in [1.29, 1.82) is 0 Å². The first-order chi connectivity index (χ1) is 14.2. The number of benzene rings is 2. The molecule has 1 aliphatic rings. The van der Waals surface area contributed by atoms with Gasteiger partial charge in [-0.2, -0.15) is 0 Å². The van der Waals surface area contributed by atoms with Gasteiger partial charge < -0.3 is 19.4 Å². The van der Waals surface area contributed by atoms with Crippen LogP contribution in [-0.4, -0.2) is 26.7 Å². The molecular weight excluding hydrogens is 388 g/mol. The third-order valence-corrected chi connectivity index (χ3v) is 6.17. The molecule has 2 aromatic carbocycles. The summed E-state index contributed by atoms with van der Waals surface area (Å²) >= 11 is 6.53. The molecule has 1 atom stereocenters. The lowest BCUT2D eigenvalue weighted by molar-refractivity contribution is -0.935. The van der Waals surface area contributed by atoms with Crippen LogP contribution < -0.4 is 20.6 Å². The Bertz CT molecular complexity index is 1040. The molecule has 6 heteroatoms. The van der Waals surface area contributed by atoms with Crippen LogP contribution in [0.25, 0.3) is 11.0 Å². The molecule has 5 nitrogen and oxygen atoms in total. The Morgan fingerprint density at radius 3 is 2.72 bits per heavy atom. The average molecular weight is 415 g/mol. The molecule has 0 spiro atoms. The van der Waals surface area contributed by atoms with E-state index in [9.17, 15) is 4.79 Å². The second kappa shape index (κ2) is 8.99. The van der Waals surface area contributed by atoms with Crippen molar-refractivity contribution in [2.24, 2.45) is 0 Å². The van der Waals surface area contributed by atoms with Gasteiger partial charge in [0.1, 0.15) is 24.4 Å². The van der Waals surface area contributed by atoms with Gasteiger partial charge in [-0.3, -0.25) is 0 Å². The Kier molecular flexibility index (Phi) is 6.19. The van der Waals surface area contributed by atoms with E-state index in [1.54, 1.807) is 24.1 Å². The molecule has 3 N–H and O–H groups in total. The van der Waals surface area contributed by atoms with Crippen molar-refractivity contribution in [2.45, 2.75) is 25.4 Å². The maximum absolute atomic E-state index is 12.0. The van der Waals surface area contributed by atoms with Crippen LogP contribution in [0.4, 0.5) is 0 Å². The van der Waals surface area contributed by atoms with Gasteiger partial charge in [-0.25, -0.2) is 4.79 Å². The summed E-state index contributed by atoms with van der Waals surface area (Å²) in [5, 5.41) is 4.06. The molecule has 3 aromatic rings. The van der Waals surface area contributed by atoms with Gasteiger partial charge in [0.15, 0.2) is 6.04 Å². The molecule has 0 aliphatic carbocycles. The number of hydrogen-bond acceptors (Lipinski definition) is 3. The second-order valence-electron chi connectivity index (χ2n) is 7.62. The summed E-state index contributed by atoms with van der Waals surface area (Å²) in [7, 11) is 1.60. The van der Waals surface area contributed by atoms with Crippen LogP contribution in [0.2, 0.25) is 5.02 Å². The standard InChI is InChI=1S/C23H25ClN2O3/c1-28-17-8-9-18-16(12-23(27)29-22(18)13-17)14-25-15-21(26-10-4-5-11-26)19-6-2-3-7-20(19)24/h2-3,6-9,12-13,21,25H,4-5,10-11,14-15H2,1H3/p+2/t21-/m1/s1. The SMILES string of the molecule is COc1ccc2c(C[NH2+]C[C@H](c3ccccc3Cl)[NH+]3CCCC3)cc(=O)oc2c1. The van der Waals surface area contributed by atoms with Crippen LogP contribution in [0, 0.1) is 0 Å². The lowest BCUT2D eigenvalue weighted by Crippen LogP contribution is -3.13. The van der Waals surface area contributed by atoms with Gasteiger partial charge in [0.25, 0.3) is 0 Å². The van der Waals surface area contributed by atoms with Gasteiger partial charge in [0.05, 0.1) is 20.2 Å². The molecule has 1 fully saturated rings. The highest BCUT2D eigenvalue weighted by molar-refractivity contribution is 6.31. The van der Waals surface area contributed by atoms with Gasteiger partial charge in [-0.1, -0.05) is 29.8 Å². The van der Waals surface area contributed by atoms with Crippen LogP contribution in [-0.2, 0) is 6.54 Å². The number of rotatable bonds is 7. The van der Waals surface area contributed by atoms with Gasteiger partial charge in [0.2, 0.25) is 0 Å². The van der Waals surface area contributed by atoms with Crippen LogP contribution >= 0.6 is 11.6 Å². The van der Waals surface area contributed by atoms with E-state index in [4.69, 9.17) is 20.8 Å². The zero-order valence-electron chi connectivity index (χ0n) is 16.6. The lowest BCUT2D eigenvalue weighted by Gasteiger charge is -2.24. The molecule has 0 radical (unpaired) electrons. The van der Waals surface area contributed by atoms with Crippen molar-refractivity contribution in [3.05, 3.63) is 75.1 Å². The van der Waals surface area contributed by atoms with Crippen LogP contribution in [0.15, 0.2) is 57.7 Å². The summed E-state index contributed by atoms with van der Waals surface area (Å²) in [4.78, 5) is 13.6.